The number of hydrazine groups is 2. The SMILES string of the molecule is C1=CN2c3cc(-n4c5ccccc5c5cc(S(c6ccccc6)(c6ccccc6)c6ccccc6)ccc54)ccc3N(c3cccc(S(c4ccccc4)(c4ccccc4)c4ccccc4)c3)N2C=C1. The molecule has 0 saturated heterocycles. The number of allylic oxidation sites excluding steroid dienone is 2. The maximum atomic E-state index is 2.49. The molecular formula is C64H48N4S2. The van der Waals surface area contributed by atoms with Crippen LogP contribution in [0.25, 0.3) is 27.5 Å². The zero-order chi connectivity index (χ0) is 46.5. The van der Waals surface area contributed by atoms with E-state index in [-0.39, 0.29) is 0 Å². The smallest absolute Gasteiger partial charge is 0.0923 e. The van der Waals surface area contributed by atoms with Crippen molar-refractivity contribution >= 4 is 58.9 Å². The average molecular weight is 937 g/mol. The fraction of sp³-hybridized carbons (Fsp3) is 0. The lowest BCUT2D eigenvalue weighted by Gasteiger charge is -2.42. The fourth-order valence-corrected chi connectivity index (χ4v) is 18.5. The van der Waals surface area contributed by atoms with Gasteiger partial charge in [-0.05, 0) is 146 Å². The summed E-state index contributed by atoms with van der Waals surface area (Å²) < 4.78 is 2.45. The second kappa shape index (κ2) is 17.3. The Bertz CT molecular complexity index is 3530. The molecule has 0 amide bonds. The van der Waals surface area contributed by atoms with Gasteiger partial charge in [0.2, 0.25) is 0 Å². The van der Waals surface area contributed by atoms with Crippen LogP contribution in [0.15, 0.2) is 331 Å². The van der Waals surface area contributed by atoms with Crippen LogP contribution in [-0.2, 0) is 0 Å². The number of aromatic nitrogens is 1. The van der Waals surface area contributed by atoms with Gasteiger partial charge in [-0.15, -0.1) is 20.1 Å². The third-order valence-electron chi connectivity index (χ3n) is 13.7. The van der Waals surface area contributed by atoms with E-state index in [4.69, 9.17) is 0 Å². The molecule has 0 atom stereocenters. The lowest BCUT2D eigenvalue weighted by molar-refractivity contribution is 0.408. The summed E-state index contributed by atoms with van der Waals surface area (Å²) in [5, 5.41) is 9.31. The largest absolute Gasteiger partial charge is 0.309 e. The predicted octanol–water partition coefficient (Wildman–Crippen LogP) is 17.6. The molecule has 336 valence electrons. The summed E-state index contributed by atoms with van der Waals surface area (Å²) in [6, 6.07) is 98.9. The summed E-state index contributed by atoms with van der Waals surface area (Å²) in [7, 11) is -3.78. The molecule has 0 N–H and O–H groups in total. The zero-order valence-electron chi connectivity index (χ0n) is 38.3. The lowest BCUT2D eigenvalue weighted by atomic mass is 10.1. The van der Waals surface area contributed by atoms with Crippen LogP contribution >= 0.6 is 20.1 Å². The lowest BCUT2D eigenvalue weighted by Crippen LogP contribution is -2.40. The molecule has 13 rings (SSSR count). The van der Waals surface area contributed by atoms with Gasteiger partial charge in [-0.1, -0.05) is 133 Å². The minimum absolute atomic E-state index is 1.08. The van der Waals surface area contributed by atoms with Crippen molar-refractivity contribution in [3.8, 4) is 5.69 Å². The summed E-state index contributed by atoms with van der Waals surface area (Å²) in [5.74, 6) is 0. The Morgan fingerprint density at radius 1 is 0.271 bits per heavy atom. The molecule has 0 radical (unpaired) electrons. The zero-order valence-corrected chi connectivity index (χ0v) is 40.0. The molecule has 1 aromatic heterocycles. The molecule has 0 spiro atoms. The van der Waals surface area contributed by atoms with E-state index >= 15 is 0 Å². The normalized spacial score (nSPS) is 13.7. The monoisotopic (exact) mass is 936 g/mol. The maximum Gasteiger partial charge on any atom is 0.0923 e. The van der Waals surface area contributed by atoms with Crippen molar-refractivity contribution in [2.45, 2.75) is 39.2 Å². The Morgan fingerprint density at radius 2 is 0.714 bits per heavy atom. The molecule has 2 aliphatic rings. The molecule has 0 fully saturated rings. The molecule has 0 unspecified atom stereocenters. The Kier molecular flexibility index (Phi) is 10.3. The van der Waals surface area contributed by atoms with Crippen LogP contribution in [0.2, 0.25) is 0 Å². The molecule has 0 saturated carbocycles. The van der Waals surface area contributed by atoms with Gasteiger partial charge < -0.3 is 4.57 Å². The summed E-state index contributed by atoms with van der Waals surface area (Å²) in [6.07, 6.45) is 8.55. The fourth-order valence-electron chi connectivity index (χ4n) is 10.7. The second-order valence-electron chi connectivity index (χ2n) is 17.5. The van der Waals surface area contributed by atoms with E-state index in [1.165, 1.54) is 61.0 Å². The Morgan fingerprint density at radius 3 is 1.24 bits per heavy atom. The van der Waals surface area contributed by atoms with Gasteiger partial charge in [0.1, 0.15) is 0 Å². The van der Waals surface area contributed by atoms with Crippen molar-refractivity contribution in [2.75, 3.05) is 10.0 Å². The highest BCUT2D eigenvalue weighted by Crippen LogP contribution is 2.75. The molecule has 10 aromatic carbocycles. The Hall–Kier alpha value is -8.42. The summed E-state index contributed by atoms with van der Waals surface area (Å²) in [6.45, 7) is 0. The topological polar surface area (TPSA) is 14.7 Å². The van der Waals surface area contributed by atoms with Crippen LogP contribution < -0.4 is 10.0 Å². The first-order valence-electron chi connectivity index (χ1n) is 23.7. The molecule has 4 nitrogen and oxygen atoms in total. The van der Waals surface area contributed by atoms with E-state index in [2.05, 4.69) is 311 Å². The number of hydrogen-bond donors (Lipinski definition) is 0. The first kappa shape index (κ1) is 41.7. The van der Waals surface area contributed by atoms with Crippen LogP contribution in [0, 0.1) is 0 Å². The van der Waals surface area contributed by atoms with Crippen LogP contribution in [0.1, 0.15) is 0 Å². The molecule has 0 aliphatic carbocycles. The molecule has 6 heteroatoms. The summed E-state index contributed by atoms with van der Waals surface area (Å²) in [4.78, 5) is 10.4. The van der Waals surface area contributed by atoms with Crippen molar-refractivity contribution < 1.29 is 0 Å². The van der Waals surface area contributed by atoms with Gasteiger partial charge in [-0.25, -0.2) is 10.0 Å². The van der Waals surface area contributed by atoms with Gasteiger partial charge in [-0.3, -0.25) is 0 Å². The molecule has 3 heterocycles. The summed E-state index contributed by atoms with van der Waals surface area (Å²) >= 11 is 0. The van der Waals surface area contributed by atoms with E-state index < -0.39 is 20.1 Å². The number of anilines is 3. The maximum absolute atomic E-state index is 2.49. The van der Waals surface area contributed by atoms with Gasteiger partial charge in [0, 0.05) is 68.0 Å². The molecule has 11 aromatic rings. The third-order valence-corrected chi connectivity index (χ3v) is 21.5. The van der Waals surface area contributed by atoms with Crippen LogP contribution in [0.3, 0.4) is 0 Å². The van der Waals surface area contributed by atoms with Gasteiger partial charge in [0.05, 0.1) is 28.1 Å². The summed E-state index contributed by atoms with van der Waals surface area (Å²) in [5.41, 5.74) is 6.72. The number of nitrogens with zero attached hydrogens (tertiary/aromatic N) is 4. The number of fused-ring (bicyclic) bond motifs is 6. The van der Waals surface area contributed by atoms with Crippen LogP contribution in [-0.4, -0.2) is 9.69 Å². The Balaban J connectivity index is 0.978. The highest BCUT2D eigenvalue weighted by atomic mass is 32.3. The standard InChI is InChI=1S/C64H48N4S2/c1-7-25-51(26-8-1)69(52-27-9-2-10-28-52,53-29-11-3-12-30-53)57-37-23-24-50(46-57)68-63-42-40-49(47-64(63)65-44-21-22-45-66(65)68)67-61-39-20-19-38-59(61)60-48-58(41-43-62(60)67)70(54-31-13-4-14-32-54,55-33-15-5-16-34-55)56-35-17-6-18-36-56/h1-48H. The van der Waals surface area contributed by atoms with Crippen molar-refractivity contribution in [1.82, 2.24) is 9.69 Å². The third kappa shape index (κ3) is 6.48. The van der Waals surface area contributed by atoms with E-state index in [9.17, 15) is 0 Å². The van der Waals surface area contributed by atoms with Crippen molar-refractivity contribution in [3.63, 3.8) is 0 Å². The van der Waals surface area contributed by atoms with E-state index in [1.54, 1.807) is 0 Å². The number of benzene rings is 10. The number of hydrogen-bond acceptors (Lipinski definition) is 3. The molecule has 70 heavy (non-hydrogen) atoms. The first-order valence-corrected chi connectivity index (χ1v) is 27.0. The van der Waals surface area contributed by atoms with Crippen LogP contribution in [0.4, 0.5) is 17.1 Å². The van der Waals surface area contributed by atoms with E-state index in [1.807, 2.05) is 0 Å². The average Bonchev–Trinajstić information content (AvgIpc) is 3.95. The van der Waals surface area contributed by atoms with Gasteiger partial charge >= 0.3 is 0 Å². The van der Waals surface area contributed by atoms with Crippen molar-refractivity contribution in [1.29, 1.82) is 0 Å². The highest BCUT2D eigenvalue weighted by Gasteiger charge is 2.38. The first-order chi connectivity index (χ1) is 34.7. The molecular weight excluding hydrogens is 889 g/mol. The van der Waals surface area contributed by atoms with E-state index in [0.717, 1.165) is 22.7 Å². The molecule has 0 bridgehead atoms. The van der Waals surface area contributed by atoms with Gasteiger partial charge in [-0.2, -0.15) is 5.12 Å². The number of rotatable bonds is 10. The number of para-hydroxylation sites is 1. The van der Waals surface area contributed by atoms with Crippen molar-refractivity contribution in [2.24, 2.45) is 0 Å². The minimum Gasteiger partial charge on any atom is -0.309 e. The molecule has 2 aliphatic heterocycles. The van der Waals surface area contributed by atoms with E-state index in [0.29, 0.717) is 0 Å². The minimum atomic E-state index is -1.90. The Labute approximate surface area is 412 Å². The quantitative estimate of drug-likeness (QED) is 0.136. The van der Waals surface area contributed by atoms with Crippen LogP contribution in [0.5, 0.6) is 0 Å². The van der Waals surface area contributed by atoms with Gasteiger partial charge in [0.25, 0.3) is 0 Å². The van der Waals surface area contributed by atoms with Crippen molar-refractivity contribution in [3.05, 3.63) is 291 Å². The van der Waals surface area contributed by atoms with Gasteiger partial charge in [0.15, 0.2) is 0 Å². The predicted molar refractivity (Wildman–Crippen MR) is 292 cm³/mol. The highest BCUT2D eigenvalue weighted by molar-refractivity contribution is 8.34. The second-order valence-corrected chi connectivity index (χ2v) is 23.7.